The van der Waals surface area contributed by atoms with Crippen LogP contribution in [-0.2, 0) is 23.8 Å². The van der Waals surface area contributed by atoms with Crippen LogP contribution in [0.2, 0.25) is 0 Å². The Morgan fingerprint density at radius 1 is 1.03 bits per heavy atom. The van der Waals surface area contributed by atoms with Gasteiger partial charge in [0.2, 0.25) is 11.7 Å². The number of anilines is 1. The number of ether oxygens (including phenoxy) is 3. The van der Waals surface area contributed by atoms with Crippen molar-refractivity contribution in [3.63, 3.8) is 0 Å². The number of nitrogens with zero attached hydrogens (tertiary/aromatic N) is 1. The Bertz CT molecular complexity index is 886. The van der Waals surface area contributed by atoms with Gasteiger partial charge >= 0.3 is 6.18 Å². The molecule has 156 valence electrons. The van der Waals surface area contributed by atoms with Gasteiger partial charge in [0.1, 0.15) is 0 Å². The highest BCUT2D eigenvalue weighted by Crippen LogP contribution is 2.39. The third kappa shape index (κ3) is 4.26. The van der Waals surface area contributed by atoms with Gasteiger partial charge in [0.25, 0.3) is 0 Å². The van der Waals surface area contributed by atoms with Crippen molar-refractivity contribution in [1.82, 2.24) is 0 Å². The lowest BCUT2D eigenvalue weighted by molar-refractivity contribution is -0.137. The first-order valence-corrected chi connectivity index (χ1v) is 9.08. The SMILES string of the molecule is COc1cc(CC(=O)N2CCCc3cc(C(F)(F)F)ccc32)cc(OC)c1OC. The van der Waals surface area contributed by atoms with Crippen LogP contribution in [0.1, 0.15) is 23.1 Å². The molecule has 1 aliphatic rings. The Morgan fingerprint density at radius 3 is 2.24 bits per heavy atom. The van der Waals surface area contributed by atoms with Gasteiger partial charge in [-0.05, 0) is 54.3 Å². The summed E-state index contributed by atoms with van der Waals surface area (Å²) in [6.07, 6.45) is -3.24. The summed E-state index contributed by atoms with van der Waals surface area (Å²) in [7, 11) is 4.47. The second-order valence-electron chi connectivity index (χ2n) is 6.70. The summed E-state index contributed by atoms with van der Waals surface area (Å²) in [6.45, 7) is 0.460. The number of halogens is 3. The van der Waals surface area contributed by atoms with Crippen molar-refractivity contribution in [2.75, 3.05) is 32.8 Å². The van der Waals surface area contributed by atoms with Crippen LogP contribution in [0, 0.1) is 0 Å². The predicted octanol–water partition coefficient (Wildman–Crippen LogP) is 4.25. The molecule has 0 aliphatic carbocycles. The fraction of sp³-hybridized carbons (Fsp3) is 0.381. The third-order valence-electron chi connectivity index (χ3n) is 4.91. The first-order valence-electron chi connectivity index (χ1n) is 9.08. The predicted molar refractivity (Wildman–Crippen MR) is 102 cm³/mol. The summed E-state index contributed by atoms with van der Waals surface area (Å²) in [4.78, 5) is 14.5. The normalized spacial score (nSPS) is 13.7. The van der Waals surface area contributed by atoms with E-state index >= 15 is 0 Å². The lowest BCUT2D eigenvalue weighted by atomic mass is 9.98. The summed E-state index contributed by atoms with van der Waals surface area (Å²) in [6, 6.07) is 6.91. The molecule has 5 nitrogen and oxygen atoms in total. The van der Waals surface area contributed by atoms with Crippen LogP contribution in [0.4, 0.5) is 18.9 Å². The van der Waals surface area contributed by atoms with Gasteiger partial charge < -0.3 is 19.1 Å². The van der Waals surface area contributed by atoms with Gasteiger partial charge in [0, 0.05) is 12.2 Å². The topological polar surface area (TPSA) is 48.0 Å². The molecular weight excluding hydrogens is 387 g/mol. The Balaban J connectivity index is 1.88. The molecule has 0 saturated heterocycles. The molecule has 8 heteroatoms. The smallest absolute Gasteiger partial charge is 0.416 e. The monoisotopic (exact) mass is 409 g/mol. The molecule has 2 aromatic carbocycles. The maximum atomic E-state index is 13.0. The van der Waals surface area contributed by atoms with E-state index in [1.54, 1.807) is 17.0 Å². The number of amides is 1. The first-order chi connectivity index (χ1) is 13.8. The molecule has 2 aromatic rings. The molecule has 0 bridgehead atoms. The molecule has 3 rings (SSSR count). The Morgan fingerprint density at radius 2 is 1.69 bits per heavy atom. The minimum atomic E-state index is -4.41. The van der Waals surface area contributed by atoms with E-state index in [-0.39, 0.29) is 12.3 Å². The van der Waals surface area contributed by atoms with Gasteiger partial charge in [-0.2, -0.15) is 13.2 Å². The summed E-state index contributed by atoms with van der Waals surface area (Å²) in [5.74, 6) is 1.08. The minimum absolute atomic E-state index is 0.0528. The van der Waals surface area contributed by atoms with Crippen molar-refractivity contribution < 1.29 is 32.2 Å². The van der Waals surface area contributed by atoms with Crippen LogP contribution in [0.25, 0.3) is 0 Å². The van der Waals surface area contributed by atoms with Crippen LogP contribution in [0.3, 0.4) is 0 Å². The Labute approximate surface area is 167 Å². The number of methoxy groups -OCH3 is 3. The highest BCUT2D eigenvalue weighted by molar-refractivity contribution is 5.96. The van der Waals surface area contributed by atoms with Gasteiger partial charge in [-0.1, -0.05) is 0 Å². The maximum Gasteiger partial charge on any atom is 0.416 e. The second kappa shape index (κ2) is 8.23. The fourth-order valence-corrected chi connectivity index (χ4v) is 3.54. The number of fused-ring (bicyclic) bond motifs is 1. The lowest BCUT2D eigenvalue weighted by Gasteiger charge is -2.30. The zero-order chi connectivity index (χ0) is 21.2. The number of benzene rings is 2. The van der Waals surface area contributed by atoms with Crippen LogP contribution < -0.4 is 19.1 Å². The molecule has 0 saturated carbocycles. The number of alkyl halides is 3. The molecule has 1 heterocycles. The van der Waals surface area contributed by atoms with Crippen LogP contribution in [0.15, 0.2) is 30.3 Å². The molecule has 1 amide bonds. The van der Waals surface area contributed by atoms with Gasteiger partial charge in [-0.25, -0.2) is 0 Å². The number of hydrogen-bond donors (Lipinski definition) is 0. The van der Waals surface area contributed by atoms with Crippen molar-refractivity contribution >= 4 is 11.6 Å². The number of aryl methyl sites for hydroxylation is 1. The number of carbonyl (C=O) groups is 1. The lowest BCUT2D eigenvalue weighted by Crippen LogP contribution is -2.36. The van der Waals surface area contributed by atoms with Crippen LogP contribution >= 0.6 is 0 Å². The first kappa shape index (κ1) is 20.8. The van der Waals surface area contributed by atoms with Crippen molar-refractivity contribution in [2.45, 2.75) is 25.4 Å². The van der Waals surface area contributed by atoms with Gasteiger partial charge in [0.15, 0.2) is 11.5 Å². The zero-order valence-electron chi connectivity index (χ0n) is 16.4. The zero-order valence-corrected chi connectivity index (χ0v) is 16.4. The molecule has 0 unspecified atom stereocenters. The van der Waals surface area contributed by atoms with E-state index in [1.165, 1.54) is 27.4 Å². The van der Waals surface area contributed by atoms with Gasteiger partial charge in [-0.15, -0.1) is 0 Å². The second-order valence-corrected chi connectivity index (χ2v) is 6.70. The molecule has 1 aliphatic heterocycles. The third-order valence-corrected chi connectivity index (χ3v) is 4.91. The van der Waals surface area contributed by atoms with E-state index in [4.69, 9.17) is 14.2 Å². The molecule has 29 heavy (non-hydrogen) atoms. The summed E-state index contributed by atoms with van der Waals surface area (Å²) in [5.41, 5.74) is 1.02. The molecular formula is C21H22F3NO4. The van der Waals surface area contributed by atoms with E-state index in [2.05, 4.69) is 0 Å². The highest BCUT2D eigenvalue weighted by Gasteiger charge is 2.32. The van der Waals surface area contributed by atoms with Crippen molar-refractivity contribution in [3.8, 4) is 17.2 Å². The number of carbonyl (C=O) groups excluding carboxylic acids is 1. The quantitative estimate of drug-likeness (QED) is 0.741. The summed E-state index contributed by atoms with van der Waals surface area (Å²) < 4.78 is 54.9. The van der Waals surface area contributed by atoms with E-state index in [1.807, 2.05) is 0 Å². The molecule has 0 N–H and O–H groups in total. The van der Waals surface area contributed by atoms with E-state index < -0.39 is 11.7 Å². The minimum Gasteiger partial charge on any atom is -0.493 e. The number of rotatable bonds is 5. The average Bonchev–Trinajstić information content (AvgIpc) is 2.71. The molecule has 0 fully saturated rings. The van der Waals surface area contributed by atoms with Crippen molar-refractivity contribution in [1.29, 1.82) is 0 Å². The van der Waals surface area contributed by atoms with E-state index in [0.29, 0.717) is 53.4 Å². The van der Waals surface area contributed by atoms with Crippen LogP contribution in [-0.4, -0.2) is 33.8 Å². The average molecular weight is 409 g/mol. The van der Waals surface area contributed by atoms with Crippen molar-refractivity contribution in [3.05, 3.63) is 47.0 Å². The standard InChI is InChI=1S/C21H22F3NO4/c1-27-17-9-13(10-18(28-2)20(17)29-3)11-19(26)25-8-4-5-14-12-15(21(22,23)24)6-7-16(14)25/h6-7,9-10,12H,4-5,8,11H2,1-3H3. The van der Waals surface area contributed by atoms with E-state index in [9.17, 15) is 18.0 Å². The fourth-order valence-electron chi connectivity index (χ4n) is 3.54. The van der Waals surface area contributed by atoms with Gasteiger partial charge in [-0.3, -0.25) is 4.79 Å². The van der Waals surface area contributed by atoms with Crippen molar-refractivity contribution in [2.24, 2.45) is 0 Å². The molecule has 0 radical (unpaired) electrons. The molecule has 0 spiro atoms. The van der Waals surface area contributed by atoms with Gasteiger partial charge in [0.05, 0.1) is 33.3 Å². The Hall–Kier alpha value is -2.90. The van der Waals surface area contributed by atoms with Crippen LogP contribution in [0.5, 0.6) is 17.2 Å². The largest absolute Gasteiger partial charge is 0.493 e. The Kier molecular flexibility index (Phi) is 5.91. The summed E-state index contributed by atoms with van der Waals surface area (Å²) >= 11 is 0. The number of hydrogen-bond acceptors (Lipinski definition) is 4. The summed E-state index contributed by atoms with van der Waals surface area (Å²) in [5, 5.41) is 0. The molecule has 0 aromatic heterocycles. The maximum absolute atomic E-state index is 13.0. The molecule has 0 atom stereocenters. The van der Waals surface area contributed by atoms with E-state index in [0.717, 1.165) is 12.1 Å². The highest BCUT2D eigenvalue weighted by atomic mass is 19.4.